The Kier molecular flexibility index (Phi) is 8.84. The van der Waals surface area contributed by atoms with Crippen molar-refractivity contribution in [3.8, 4) is 11.5 Å². The summed E-state index contributed by atoms with van der Waals surface area (Å²) in [5.41, 5.74) is 0.448. The number of carbonyl (C=O) groups excluding carboxylic acids is 1. The van der Waals surface area contributed by atoms with Crippen molar-refractivity contribution in [1.82, 2.24) is 4.31 Å². The fourth-order valence-corrected chi connectivity index (χ4v) is 5.99. The fourth-order valence-electron chi connectivity index (χ4n) is 3.46. The second-order valence-corrected chi connectivity index (χ2v) is 10.5. The summed E-state index contributed by atoms with van der Waals surface area (Å²) in [7, 11) is -2.07. The highest BCUT2D eigenvalue weighted by Gasteiger charge is 2.29. The molecule has 2 aromatic carbocycles. The standard InChI is InChI=1S/C23H30N2O5S2/c1-3-30-21-12-7-18(17-22(21)32(27,28)25-14-5-4-6-15-25)24-23(26)13-16-31-20-10-8-19(29-2)9-11-20/h7-12,17H,3-6,13-16H2,1-2H3,(H,24,26). The Bertz CT molecular complexity index is 1000. The molecule has 1 aliphatic heterocycles. The lowest BCUT2D eigenvalue weighted by Crippen LogP contribution is -2.35. The first kappa shape index (κ1) is 24.4. The third-order valence-corrected chi connectivity index (χ3v) is 8.05. The maximum Gasteiger partial charge on any atom is 0.246 e. The van der Waals surface area contributed by atoms with Crippen molar-refractivity contribution >= 4 is 33.4 Å². The first-order chi connectivity index (χ1) is 15.4. The van der Waals surface area contributed by atoms with Crippen LogP contribution in [-0.4, -0.2) is 51.2 Å². The van der Waals surface area contributed by atoms with Crippen LogP contribution in [0.1, 0.15) is 32.6 Å². The molecular weight excluding hydrogens is 448 g/mol. The number of hydrogen-bond donors (Lipinski definition) is 1. The summed E-state index contributed by atoms with van der Waals surface area (Å²) >= 11 is 1.57. The maximum absolute atomic E-state index is 13.2. The van der Waals surface area contributed by atoms with E-state index in [1.54, 1.807) is 31.0 Å². The molecule has 1 fully saturated rings. The van der Waals surface area contributed by atoms with Crippen molar-refractivity contribution in [1.29, 1.82) is 0 Å². The lowest BCUT2D eigenvalue weighted by Gasteiger charge is -2.27. The van der Waals surface area contributed by atoms with E-state index >= 15 is 0 Å². The minimum atomic E-state index is -3.69. The Balaban J connectivity index is 1.65. The van der Waals surface area contributed by atoms with Gasteiger partial charge in [-0.25, -0.2) is 8.42 Å². The Morgan fingerprint density at radius 2 is 1.81 bits per heavy atom. The molecule has 2 aromatic rings. The van der Waals surface area contributed by atoms with Gasteiger partial charge < -0.3 is 14.8 Å². The third kappa shape index (κ3) is 6.40. The van der Waals surface area contributed by atoms with Crippen LogP contribution in [0.2, 0.25) is 0 Å². The van der Waals surface area contributed by atoms with Gasteiger partial charge in [-0.05, 0) is 62.2 Å². The average molecular weight is 479 g/mol. The summed E-state index contributed by atoms with van der Waals surface area (Å²) in [5.74, 6) is 1.54. The molecule has 0 unspecified atom stereocenters. The van der Waals surface area contributed by atoms with Crippen LogP contribution in [0.4, 0.5) is 5.69 Å². The minimum Gasteiger partial charge on any atom is -0.497 e. The molecule has 1 amide bonds. The smallest absolute Gasteiger partial charge is 0.246 e. The van der Waals surface area contributed by atoms with Crippen LogP contribution in [0, 0.1) is 0 Å². The van der Waals surface area contributed by atoms with Gasteiger partial charge in [0.2, 0.25) is 15.9 Å². The highest BCUT2D eigenvalue weighted by Crippen LogP contribution is 2.31. The SMILES string of the molecule is CCOc1ccc(NC(=O)CCSc2ccc(OC)cc2)cc1S(=O)(=O)N1CCCCC1. The number of methoxy groups -OCH3 is 1. The largest absolute Gasteiger partial charge is 0.497 e. The van der Waals surface area contributed by atoms with Crippen LogP contribution in [0.25, 0.3) is 0 Å². The van der Waals surface area contributed by atoms with Crippen LogP contribution < -0.4 is 14.8 Å². The third-order valence-electron chi connectivity index (χ3n) is 5.12. The highest BCUT2D eigenvalue weighted by molar-refractivity contribution is 7.99. The first-order valence-corrected chi connectivity index (χ1v) is 13.2. The zero-order valence-corrected chi connectivity index (χ0v) is 20.1. The number of carbonyl (C=O) groups is 1. The number of nitrogens with zero attached hydrogens (tertiary/aromatic N) is 1. The van der Waals surface area contributed by atoms with E-state index in [1.165, 1.54) is 10.4 Å². The Labute approximate surface area is 194 Å². The predicted molar refractivity (Wildman–Crippen MR) is 127 cm³/mol. The van der Waals surface area contributed by atoms with Crippen molar-refractivity contribution in [3.63, 3.8) is 0 Å². The zero-order chi connectivity index (χ0) is 23.0. The number of nitrogens with one attached hydrogen (secondary N) is 1. The molecule has 0 radical (unpaired) electrons. The Hall–Kier alpha value is -2.23. The zero-order valence-electron chi connectivity index (χ0n) is 18.5. The molecule has 0 saturated carbocycles. The monoisotopic (exact) mass is 478 g/mol. The van der Waals surface area contributed by atoms with E-state index in [0.717, 1.165) is 29.9 Å². The fraction of sp³-hybridized carbons (Fsp3) is 0.435. The molecule has 9 heteroatoms. The molecule has 0 bridgehead atoms. The maximum atomic E-state index is 13.2. The lowest BCUT2D eigenvalue weighted by atomic mass is 10.2. The van der Waals surface area contributed by atoms with Crippen LogP contribution >= 0.6 is 11.8 Å². The van der Waals surface area contributed by atoms with Crippen molar-refractivity contribution in [2.24, 2.45) is 0 Å². The number of hydrogen-bond acceptors (Lipinski definition) is 6. The van der Waals surface area contributed by atoms with E-state index in [0.29, 0.717) is 43.3 Å². The second kappa shape index (κ2) is 11.6. The number of sulfonamides is 1. The summed E-state index contributed by atoms with van der Waals surface area (Å²) in [4.78, 5) is 13.6. The quantitative estimate of drug-likeness (QED) is 0.510. The normalized spacial score (nSPS) is 14.7. The summed E-state index contributed by atoms with van der Waals surface area (Å²) < 4.78 is 38.7. The van der Waals surface area contributed by atoms with Gasteiger partial charge >= 0.3 is 0 Å². The molecule has 1 aliphatic rings. The summed E-state index contributed by atoms with van der Waals surface area (Å²) in [6.07, 6.45) is 3.05. The summed E-state index contributed by atoms with van der Waals surface area (Å²) in [6.45, 7) is 3.18. The average Bonchev–Trinajstić information content (AvgIpc) is 2.81. The van der Waals surface area contributed by atoms with E-state index in [9.17, 15) is 13.2 Å². The van der Waals surface area contributed by atoms with Crippen LogP contribution in [0.3, 0.4) is 0 Å². The van der Waals surface area contributed by atoms with Gasteiger partial charge in [0.05, 0.1) is 13.7 Å². The first-order valence-electron chi connectivity index (χ1n) is 10.8. The molecular formula is C23H30N2O5S2. The molecule has 0 spiro atoms. The van der Waals surface area contributed by atoms with Gasteiger partial charge in [0.1, 0.15) is 16.4 Å². The van der Waals surface area contributed by atoms with Gasteiger partial charge in [-0.2, -0.15) is 4.31 Å². The number of anilines is 1. The van der Waals surface area contributed by atoms with Gasteiger partial charge in [0, 0.05) is 35.8 Å². The van der Waals surface area contributed by atoms with Crippen LogP contribution in [-0.2, 0) is 14.8 Å². The molecule has 1 heterocycles. The van der Waals surface area contributed by atoms with Crippen LogP contribution in [0.5, 0.6) is 11.5 Å². The molecule has 32 heavy (non-hydrogen) atoms. The van der Waals surface area contributed by atoms with Crippen molar-refractivity contribution in [2.75, 3.05) is 37.9 Å². The number of thioether (sulfide) groups is 1. The van der Waals surface area contributed by atoms with Crippen molar-refractivity contribution in [3.05, 3.63) is 42.5 Å². The number of rotatable bonds is 10. The molecule has 0 aromatic heterocycles. The summed E-state index contributed by atoms with van der Waals surface area (Å²) in [5, 5.41) is 2.82. The molecule has 1 saturated heterocycles. The molecule has 7 nitrogen and oxygen atoms in total. The molecule has 1 N–H and O–H groups in total. The van der Waals surface area contributed by atoms with E-state index in [4.69, 9.17) is 9.47 Å². The topological polar surface area (TPSA) is 84.9 Å². The Morgan fingerprint density at radius 1 is 1.09 bits per heavy atom. The van der Waals surface area contributed by atoms with E-state index in [2.05, 4.69) is 5.32 Å². The highest BCUT2D eigenvalue weighted by atomic mass is 32.2. The van der Waals surface area contributed by atoms with Crippen LogP contribution in [0.15, 0.2) is 52.3 Å². The molecule has 174 valence electrons. The van der Waals surface area contributed by atoms with Crippen molar-refractivity contribution < 1.29 is 22.7 Å². The second-order valence-electron chi connectivity index (χ2n) is 7.38. The van der Waals surface area contributed by atoms with E-state index in [1.807, 2.05) is 31.2 Å². The van der Waals surface area contributed by atoms with Crippen molar-refractivity contribution in [2.45, 2.75) is 42.4 Å². The van der Waals surface area contributed by atoms with Gasteiger partial charge in [-0.1, -0.05) is 6.42 Å². The van der Waals surface area contributed by atoms with Gasteiger partial charge in [-0.3, -0.25) is 4.79 Å². The number of ether oxygens (including phenoxy) is 2. The van der Waals surface area contributed by atoms with E-state index < -0.39 is 10.0 Å². The number of amides is 1. The minimum absolute atomic E-state index is 0.103. The van der Waals surface area contributed by atoms with Gasteiger partial charge in [0.15, 0.2) is 0 Å². The Morgan fingerprint density at radius 3 is 2.47 bits per heavy atom. The lowest BCUT2D eigenvalue weighted by molar-refractivity contribution is -0.115. The van der Waals surface area contributed by atoms with Gasteiger partial charge in [-0.15, -0.1) is 11.8 Å². The number of piperidine rings is 1. The van der Waals surface area contributed by atoms with E-state index in [-0.39, 0.29) is 10.8 Å². The van der Waals surface area contributed by atoms with Gasteiger partial charge in [0.25, 0.3) is 0 Å². The molecule has 0 atom stereocenters. The molecule has 0 aliphatic carbocycles. The summed E-state index contributed by atoms with van der Waals surface area (Å²) in [6, 6.07) is 12.5. The predicted octanol–water partition coefficient (Wildman–Crippen LogP) is 4.39. The molecule has 3 rings (SSSR count). The number of benzene rings is 2.